The molecule has 122 valence electrons. The highest BCUT2D eigenvalue weighted by Gasteiger charge is 2.13. The van der Waals surface area contributed by atoms with Crippen LogP contribution in [0.25, 0.3) is 22.3 Å². The fraction of sp³-hybridized carbons (Fsp3) is 0. The van der Waals surface area contributed by atoms with Crippen LogP contribution in [0.1, 0.15) is 0 Å². The average molecular weight is 348 g/mol. The molecule has 25 heavy (non-hydrogen) atoms. The fourth-order valence-corrected chi connectivity index (χ4v) is 2.80. The summed E-state index contributed by atoms with van der Waals surface area (Å²) >= 11 is 5.99. The molecule has 0 spiro atoms. The second-order valence-electron chi connectivity index (χ2n) is 5.58. The number of benzene rings is 3. The number of nitrogens with one attached hydrogen (secondary N) is 1. The Morgan fingerprint density at radius 3 is 2.28 bits per heavy atom. The van der Waals surface area contributed by atoms with Crippen molar-refractivity contribution < 1.29 is 0 Å². The number of rotatable bonds is 3. The number of fused-ring (bicyclic) bond motifs is 1. The Labute approximate surface area is 149 Å². The monoisotopic (exact) mass is 347 g/mol. The molecule has 0 aliphatic rings. The van der Waals surface area contributed by atoms with Crippen molar-refractivity contribution in [1.29, 1.82) is 0 Å². The standard InChI is InChI=1S/C20H14ClN3O/c21-15-12-10-14(11-13-15)19-22-18-9-5-4-8-17(18)20(25)24(19)23-16-6-2-1-3-7-16/h1-13,23H. The topological polar surface area (TPSA) is 46.9 Å². The number of anilines is 1. The van der Waals surface area contributed by atoms with Crippen molar-refractivity contribution in [2.45, 2.75) is 0 Å². The number of hydrogen-bond donors (Lipinski definition) is 1. The summed E-state index contributed by atoms with van der Waals surface area (Å²) in [5, 5.41) is 1.19. The largest absolute Gasteiger partial charge is 0.290 e. The van der Waals surface area contributed by atoms with Gasteiger partial charge in [-0.05, 0) is 48.5 Å². The van der Waals surface area contributed by atoms with Gasteiger partial charge in [0.2, 0.25) is 0 Å². The van der Waals surface area contributed by atoms with E-state index >= 15 is 0 Å². The maximum atomic E-state index is 13.0. The van der Waals surface area contributed by atoms with Gasteiger partial charge in [-0.2, -0.15) is 0 Å². The maximum absolute atomic E-state index is 13.0. The number of aromatic nitrogens is 2. The van der Waals surface area contributed by atoms with Crippen LogP contribution in [0.15, 0.2) is 83.7 Å². The van der Waals surface area contributed by atoms with Crippen molar-refractivity contribution in [2.75, 3.05) is 5.43 Å². The van der Waals surface area contributed by atoms with E-state index in [1.54, 1.807) is 18.2 Å². The second kappa shape index (κ2) is 6.42. The van der Waals surface area contributed by atoms with E-state index in [1.165, 1.54) is 4.68 Å². The van der Waals surface area contributed by atoms with Crippen LogP contribution in [0, 0.1) is 0 Å². The Hall–Kier alpha value is -3.11. The van der Waals surface area contributed by atoms with Crippen molar-refractivity contribution in [3.63, 3.8) is 0 Å². The quantitative estimate of drug-likeness (QED) is 0.589. The summed E-state index contributed by atoms with van der Waals surface area (Å²) in [5.74, 6) is 0.532. The van der Waals surface area contributed by atoms with Crippen molar-refractivity contribution in [2.24, 2.45) is 0 Å². The summed E-state index contributed by atoms with van der Waals surface area (Å²) in [7, 11) is 0. The Morgan fingerprint density at radius 2 is 1.52 bits per heavy atom. The molecular formula is C20H14ClN3O. The second-order valence-corrected chi connectivity index (χ2v) is 6.01. The zero-order valence-electron chi connectivity index (χ0n) is 13.2. The normalized spacial score (nSPS) is 10.8. The van der Waals surface area contributed by atoms with Crippen LogP contribution in [0.4, 0.5) is 5.69 Å². The van der Waals surface area contributed by atoms with Crippen LogP contribution in [0.5, 0.6) is 0 Å². The number of halogens is 1. The molecule has 0 saturated heterocycles. The van der Waals surface area contributed by atoms with Gasteiger partial charge < -0.3 is 0 Å². The zero-order valence-corrected chi connectivity index (χ0v) is 13.9. The van der Waals surface area contributed by atoms with Crippen LogP contribution in [0.2, 0.25) is 5.02 Å². The third-order valence-corrected chi connectivity index (χ3v) is 4.14. The van der Waals surface area contributed by atoms with E-state index in [4.69, 9.17) is 11.6 Å². The molecule has 3 aromatic carbocycles. The number of nitrogens with zero attached hydrogens (tertiary/aromatic N) is 2. The summed E-state index contributed by atoms with van der Waals surface area (Å²) < 4.78 is 1.47. The molecule has 1 heterocycles. The molecule has 4 rings (SSSR count). The maximum Gasteiger partial charge on any atom is 0.280 e. The van der Waals surface area contributed by atoms with Crippen molar-refractivity contribution in [1.82, 2.24) is 9.66 Å². The van der Waals surface area contributed by atoms with Gasteiger partial charge in [-0.1, -0.05) is 41.9 Å². The number of para-hydroxylation sites is 2. The van der Waals surface area contributed by atoms with Gasteiger partial charge >= 0.3 is 0 Å². The Balaban J connectivity index is 1.97. The van der Waals surface area contributed by atoms with Gasteiger partial charge in [0.15, 0.2) is 5.82 Å². The first-order chi connectivity index (χ1) is 12.2. The smallest absolute Gasteiger partial charge is 0.280 e. The molecule has 0 amide bonds. The molecule has 0 saturated carbocycles. The lowest BCUT2D eigenvalue weighted by molar-refractivity contribution is 0.893. The summed E-state index contributed by atoms with van der Waals surface area (Å²) in [6.07, 6.45) is 0. The SMILES string of the molecule is O=c1c2ccccc2nc(-c2ccc(Cl)cc2)n1Nc1ccccc1. The minimum absolute atomic E-state index is 0.153. The van der Waals surface area contributed by atoms with Gasteiger partial charge in [0, 0.05) is 10.6 Å². The van der Waals surface area contributed by atoms with E-state index in [9.17, 15) is 4.79 Å². The third kappa shape index (κ3) is 2.99. The molecule has 1 N–H and O–H groups in total. The lowest BCUT2D eigenvalue weighted by Crippen LogP contribution is -2.29. The van der Waals surface area contributed by atoms with Gasteiger partial charge in [-0.15, -0.1) is 0 Å². The number of hydrogen-bond acceptors (Lipinski definition) is 3. The first-order valence-electron chi connectivity index (χ1n) is 7.82. The summed E-state index contributed by atoms with van der Waals surface area (Å²) in [4.78, 5) is 17.7. The molecular weight excluding hydrogens is 334 g/mol. The molecule has 0 unspecified atom stereocenters. The van der Waals surface area contributed by atoms with E-state index in [-0.39, 0.29) is 5.56 Å². The first-order valence-corrected chi connectivity index (χ1v) is 8.20. The Bertz CT molecular complexity index is 1090. The Kier molecular flexibility index (Phi) is 3.96. The average Bonchev–Trinajstić information content (AvgIpc) is 2.65. The molecule has 0 aliphatic carbocycles. The fourth-order valence-electron chi connectivity index (χ4n) is 2.67. The molecule has 1 aromatic heterocycles. The van der Waals surface area contributed by atoms with Crippen LogP contribution in [-0.4, -0.2) is 9.66 Å². The van der Waals surface area contributed by atoms with E-state index < -0.39 is 0 Å². The highest BCUT2D eigenvalue weighted by atomic mass is 35.5. The third-order valence-electron chi connectivity index (χ3n) is 3.89. The van der Waals surface area contributed by atoms with Gasteiger partial charge in [0.05, 0.1) is 16.6 Å². The molecule has 5 heteroatoms. The van der Waals surface area contributed by atoms with Gasteiger partial charge in [-0.25, -0.2) is 9.66 Å². The molecule has 0 atom stereocenters. The van der Waals surface area contributed by atoms with E-state index in [0.29, 0.717) is 21.7 Å². The van der Waals surface area contributed by atoms with Crippen LogP contribution in [0.3, 0.4) is 0 Å². The molecule has 4 nitrogen and oxygen atoms in total. The van der Waals surface area contributed by atoms with Crippen LogP contribution < -0.4 is 11.0 Å². The summed E-state index contributed by atoms with van der Waals surface area (Å²) in [6.45, 7) is 0. The predicted molar refractivity (Wildman–Crippen MR) is 102 cm³/mol. The lowest BCUT2D eigenvalue weighted by Gasteiger charge is -2.15. The molecule has 0 bridgehead atoms. The lowest BCUT2D eigenvalue weighted by atomic mass is 10.2. The highest BCUT2D eigenvalue weighted by molar-refractivity contribution is 6.30. The Morgan fingerprint density at radius 1 is 0.840 bits per heavy atom. The van der Waals surface area contributed by atoms with E-state index in [1.807, 2.05) is 60.7 Å². The van der Waals surface area contributed by atoms with E-state index in [2.05, 4.69) is 10.4 Å². The minimum atomic E-state index is -0.153. The van der Waals surface area contributed by atoms with Gasteiger partial charge in [-0.3, -0.25) is 10.2 Å². The highest BCUT2D eigenvalue weighted by Crippen LogP contribution is 2.21. The van der Waals surface area contributed by atoms with Gasteiger partial charge in [0.25, 0.3) is 5.56 Å². The van der Waals surface area contributed by atoms with E-state index in [0.717, 1.165) is 11.3 Å². The van der Waals surface area contributed by atoms with Crippen molar-refractivity contribution in [3.8, 4) is 11.4 Å². The van der Waals surface area contributed by atoms with Crippen molar-refractivity contribution in [3.05, 3.63) is 94.2 Å². The zero-order chi connectivity index (χ0) is 17.2. The summed E-state index contributed by atoms with van der Waals surface area (Å²) in [5.41, 5.74) is 5.26. The minimum Gasteiger partial charge on any atom is -0.290 e. The van der Waals surface area contributed by atoms with Crippen LogP contribution in [-0.2, 0) is 0 Å². The van der Waals surface area contributed by atoms with Crippen LogP contribution >= 0.6 is 11.6 Å². The van der Waals surface area contributed by atoms with Gasteiger partial charge in [0.1, 0.15) is 0 Å². The first kappa shape index (κ1) is 15.4. The summed E-state index contributed by atoms with van der Waals surface area (Å²) in [6, 6.07) is 24.1. The van der Waals surface area contributed by atoms with Crippen molar-refractivity contribution >= 4 is 28.2 Å². The molecule has 0 aliphatic heterocycles. The molecule has 0 radical (unpaired) electrons. The molecule has 4 aromatic rings. The predicted octanol–water partition coefficient (Wildman–Crippen LogP) is 4.59. The molecule has 0 fully saturated rings.